The van der Waals surface area contributed by atoms with Crippen LogP contribution in [0.1, 0.15) is 32.3 Å². The van der Waals surface area contributed by atoms with Gasteiger partial charge in [0.25, 0.3) is 5.56 Å². The highest BCUT2D eigenvalue weighted by Crippen LogP contribution is 1.92. The fraction of sp³-hybridized carbons (Fsp3) is 0.500. The van der Waals surface area contributed by atoms with Crippen LogP contribution in [0.3, 0.4) is 0 Å². The first kappa shape index (κ1) is 14.7. The quantitative estimate of drug-likeness (QED) is 0.762. The first-order valence-corrected chi connectivity index (χ1v) is 6.01. The predicted molar refractivity (Wildman–Crippen MR) is 68.6 cm³/mol. The summed E-state index contributed by atoms with van der Waals surface area (Å²) < 4.78 is 1.15. The fourth-order valence-corrected chi connectivity index (χ4v) is 1.43. The highest BCUT2D eigenvalue weighted by molar-refractivity contribution is 5.76. The van der Waals surface area contributed by atoms with Gasteiger partial charge in [-0.15, -0.1) is 0 Å². The molecule has 0 spiro atoms. The van der Waals surface area contributed by atoms with Crippen LogP contribution in [0.25, 0.3) is 0 Å². The summed E-state index contributed by atoms with van der Waals surface area (Å²) in [5, 5.41) is 11.5. The van der Waals surface area contributed by atoms with Gasteiger partial charge in [0.15, 0.2) is 0 Å². The lowest BCUT2D eigenvalue weighted by Crippen LogP contribution is -2.35. The molecule has 1 atom stereocenters. The molecule has 1 amide bonds. The molecule has 0 fully saturated rings. The van der Waals surface area contributed by atoms with E-state index in [1.807, 2.05) is 18.8 Å². The normalized spacial score (nSPS) is 11.6. The van der Waals surface area contributed by atoms with E-state index in [2.05, 4.69) is 5.32 Å². The molecule has 1 aromatic heterocycles. The Labute approximate surface area is 109 Å². The number of H-pyrrole nitrogens is 1. The van der Waals surface area contributed by atoms with Crippen molar-refractivity contribution in [1.29, 1.82) is 5.26 Å². The van der Waals surface area contributed by atoms with E-state index >= 15 is 0 Å². The molecule has 0 aromatic carbocycles. The number of nitrogens with one attached hydrogen (secondary N) is 2. The van der Waals surface area contributed by atoms with Crippen molar-refractivity contribution in [3.8, 4) is 6.07 Å². The van der Waals surface area contributed by atoms with Gasteiger partial charge in [0, 0.05) is 25.2 Å². The minimum atomic E-state index is -0.715. The van der Waals surface area contributed by atoms with Gasteiger partial charge >= 0.3 is 5.69 Å². The van der Waals surface area contributed by atoms with Crippen molar-refractivity contribution < 1.29 is 4.79 Å². The third-order valence-corrected chi connectivity index (χ3v) is 2.73. The lowest BCUT2D eigenvalue weighted by molar-refractivity contribution is -0.121. The average Bonchev–Trinajstić information content (AvgIpc) is 2.37. The van der Waals surface area contributed by atoms with Gasteiger partial charge in [-0.1, -0.05) is 6.92 Å². The van der Waals surface area contributed by atoms with Crippen molar-refractivity contribution in [2.24, 2.45) is 0 Å². The SMILES string of the molecule is CCC(C)NC(=O)CCn1cc(C#N)c(=O)[nH]c1=O. The highest BCUT2D eigenvalue weighted by Gasteiger charge is 2.08. The number of nitriles is 1. The third-order valence-electron chi connectivity index (χ3n) is 2.73. The summed E-state index contributed by atoms with van der Waals surface area (Å²) >= 11 is 0. The topological polar surface area (TPSA) is 108 Å². The molecule has 1 rings (SSSR count). The molecule has 0 aliphatic carbocycles. The van der Waals surface area contributed by atoms with Crippen LogP contribution < -0.4 is 16.6 Å². The van der Waals surface area contributed by atoms with Gasteiger partial charge in [-0.2, -0.15) is 5.26 Å². The van der Waals surface area contributed by atoms with Crippen LogP contribution in [0, 0.1) is 11.3 Å². The Morgan fingerprint density at radius 3 is 2.84 bits per heavy atom. The summed E-state index contributed by atoms with van der Waals surface area (Å²) in [6.07, 6.45) is 2.10. The first-order valence-electron chi connectivity index (χ1n) is 6.01. The third kappa shape index (κ3) is 4.10. The number of aromatic amines is 1. The highest BCUT2D eigenvalue weighted by atomic mass is 16.2. The van der Waals surface area contributed by atoms with Gasteiger partial charge in [0.05, 0.1) is 0 Å². The minimum Gasteiger partial charge on any atom is -0.354 e. The van der Waals surface area contributed by atoms with E-state index in [0.29, 0.717) is 0 Å². The van der Waals surface area contributed by atoms with E-state index < -0.39 is 11.2 Å². The molecular formula is C12H16N4O3. The van der Waals surface area contributed by atoms with Crippen molar-refractivity contribution in [3.05, 3.63) is 32.6 Å². The van der Waals surface area contributed by atoms with Crippen LogP contribution in [0.15, 0.2) is 15.8 Å². The van der Waals surface area contributed by atoms with Gasteiger partial charge < -0.3 is 5.32 Å². The molecule has 1 heterocycles. The van der Waals surface area contributed by atoms with Gasteiger partial charge in [0.1, 0.15) is 11.6 Å². The molecule has 102 valence electrons. The van der Waals surface area contributed by atoms with Crippen molar-refractivity contribution in [2.45, 2.75) is 39.3 Å². The molecule has 1 unspecified atom stereocenters. The zero-order chi connectivity index (χ0) is 14.4. The Morgan fingerprint density at radius 2 is 2.26 bits per heavy atom. The summed E-state index contributed by atoms with van der Waals surface area (Å²) in [6, 6.07) is 1.77. The predicted octanol–water partition coefficient (Wildman–Crippen LogP) is -0.287. The maximum absolute atomic E-state index is 11.6. The average molecular weight is 264 g/mol. The molecule has 0 saturated carbocycles. The molecule has 2 N–H and O–H groups in total. The lowest BCUT2D eigenvalue weighted by Gasteiger charge is -2.11. The van der Waals surface area contributed by atoms with Crippen molar-refractivity contribution in [2.75, 3.05) is 0 Å². The number of aromatic nitrogens is 2. The molecule has 7 heteroatoms. The number of aryl methyl sites for hydroxylation is 1. The maximum Gasteiger partial charge on any atom is 0.328 e. The Morgan fingerprint density at radius 1 is 1.58 bits per heavy atom. The number of carbonyl (C=O) groups excluding carboxylic acids is 1. The van der Waals surface area contributed by atoms with Crippen LogP contribution in [0.4, 0.5) is 0 Å². The molecule has 0 radical (unpaired) electrons. The molecule has 0 saturated heterocycles. The summed E-state index contributed by atoms with van der Waals surface area (Å²) in [6.45, 7) is 3.96. The fourth-order valence-electron chi connectivity index (χ4n) is 1.43. The Hall–Kier alpha value is -2.36. The monoisotopic (exact) mass is 264 g/mol. The van der Waals surface area contributed by atoms with E-state index in [0.717, 1.165) is 17.2 Å². The van der Waals surface area contributed by atoms with Gasteiger partial charge in [-0.25, -0.2) is 4.79 Å². The van der Waals surface area contributed by atoms with Crippen LogP contribution in [-0.4, -0.2) is 21.5 Å². The zero-order valence-electron chi connectivity index (χ0n) is 10.9. The van der Waals surface area contributed by atoms with Crippen LogP contribution >= 0.6 is 0 Å². The Bertz CT molecular complexity index is 609. The summed E-state index contributed by atoms with van der Waals surface area (Å²) in [5.41, 5.74) is -1.49. The zero-order valence-corrected chi connectivity index (χ0v) is 10.9. The largest absolute Gasteiger partial charge is 0.354 e. The summed E-state index contributed by atoms with van der Waals surface area (Å²) in [4.78, 5) is 36.2. The van der Waals surface area contributed by atoms with Crippen LogP contribution in [0.2, 0.25) is 0 Å². The number of carbonyl (C=O) groups is 1. The smallest absolute Gasteiger partial charge is 0.328 e. The number of hydrogen-bond acceptors (Lipinski definition) is 4. The number of hydrogen-bond donors (Lipinski definition) is 2. The second-order valence-corrected chi connectivity index (χ2v) is 4.23. The van der Waals surface area contributed by atoms with E-state index in [1.165, 1.54) is 0 Å². The Kier molecular flexibility index (Phi) is 5.06. The molecular weight excluding hydrogens is 248 g/mol. The van der Waals surface area contributed by atoms with E-state index in [-0.39, 0.29) is 30.5 Å². The van der Waals surface area contributed by atoms with Crippen LogP contribution in [0.5, 0.6) is 0 Å². The van der Waals surface area contributed by atoms with Crippen molar-refractivity contribution >= 4 is 5.91 Å². The van der Waals surface area contributed by atoms with Crippen molar-refractivity contribution in [3.63, 3.8) is 0 Å². The molecule has 1 aromatic rings. The number of nitrogens with zero attached hydrogens (tertiary/aromatic N) is 2. The first-order chi connectivity index (χ1) is 8.97. The van der Waals surface area contributed by atoms with Gasteiger partial charge in [-0.3, -0.25) is 19.1 Å². The maximum atomic E-state index is 11.6. The second-order valence-electron chi connectivity index (χ2n) is 4.23. The number of amides is 1. The molecule has 0 aliphatic rings. The molecule has 19 heavy (non-hydrogen) atoms. The minimum absolute atomic E-state index is 0.0782. The van der Waals surface area contributed by atoms with Crippen LogP contribution in [-0.2, 0) is 11.3 Å². The van der Waals surface area contributed by atoms with Gasteiger partial charge in [-0.05, 0) is 13.3 Å². The van der Waals surface area contributed by atoms with E-state index in [4.69, 9.17) is 5.26 Å². The van der Waals surface area contributed by atoms with E-state index in [1.54, 1.807) is 6.07 Å². The van der Waals surface area contributed by atoms with Gasteiger partial charge in [0.2, 0.25) is 5.91 Å². The Balaban J connectivity index is 2.74. The molecule has 0 bridgehead atoms. The summed E-state index contributed by atoms with van der Waals surface area (Å²) in [7, 11) is 0. The summed E-state index contributed by atoms with van der Waals surface area (Å²) in [5.74, 6) is -0.175. The second kappa shape index (κ2) is 6.54. The molecule has 7 nitrogen and oxygen atoms in total. The van der Waals surface area contributed by atoms with Crippen molar-refractivity contribution in [1.82, 2.24) is 14.9 Å². The number of rotatable bonds is 5. The lowest BCUT2D eigenvalue weighted by atomic mass is 10.2. The standard InChI is InChI=1S/C12H16N4O3/c1-3-8(2)14-10(17)4-5-16-7-9(6-13)11(18)15-12(16)19/h7-8H,3-5H2,1-2H3,(H,14,17)(H,15,18,19). The molecule has 0 aliphatic heterocycles. The van der Waals surface area contributed by atoms with E-state index in [9.17, 15) is 14.4 Å².